The first kappa shape index (κ1) is 10.8. The lowest BCUT2D eigenvalue weighted by molar-refractivity contribution is 0.568. The number of aromatic amines is 1. The Hall–Kier alpha value is -1.68. The summed E-state index contributed by atoms with van der Waals surface area (Å²) in [4.78, 5) is 11.4. The minimum Gasteiger partial charge on any atom is -0.345 e. The van der Waals surface area contributed by atoms with Crippen molar-refractivity contribution in [1.29, 1.82) is 0 Å². The van der Waals surface area contributed by atoms with Crippen LogP contribution in [0.1, 0.15) is 30.0 Å². The van der Waals surface area contributed by atoms with Crippen LogP contribution in [0.4, 0.5) is 0 Å². The van der Waals surface area contributed by atoms with Crippen LogP contribution in [0.3, 0.4) is 0 Å². The van der Waals surface area contributed by atoms with E-state index in [0.717, 1.165) is 18.1 Å². The van der Waals surface area contributed by atoms with Gasteiger partial charge in [-0.1, -0.05) is 0 Å². The van der Waals surface area contributed by atoms with Crippen LogP contribution >= 0.6 is 0 Å². The van der Waals surface area contributed by atoms with Gasteiger partial charge in [-0.2, -0.15) is 0 Å². The maximum atomic E-state index is 4.16. The largest absolute Gasteiger partial charge is 0.345 e. The molecular formula is C12H16N4. The van der Waals surface area contributed by atoms with Crippen LogP contribution in [0.25, 0.3) is 0 Å². The molecule has 0 radical (unpaired) electrons. The van der Waals surface area contributed by atoms with E-state index in [0.29, 0.717) is 6.04 Å². The predicted octanol–water partition coefficient (Wildman–Crippen LogP) is 1.96. The van der Waals surface area contributed by atoms with E-state index >= 15 is 0 Å². The number of nitrogens with zero attached hydrogens (tertiary/aromatic N) is 2. The summed E-state index contributed by atoms with van der Waals surface area (Å²) in [5, 5.41) is 3.43. The highest BCUT2D eigenvalue weighted by Crippen LogP contribution is 2.10. The van der Waals surface area contributed by atoms with Crippen molar-refractivity contribution in [3.05, 3.63) is 47.8 Å². The van der Waals surface area contributed by atoms with Crippen LogP contribution in [0, 0.1) is 6.92 Å². The average molecular weight is 216 g/mol. The Balaban J connectivity index is 1.91. The first-order valence-corrected chi connectivity index (χ1v) is 5.39. The lowest BCUT2D eigenvalue weighted by Crippen LogP contribution is -2.18. The Labute approximate surface area is 95.1 Å². The highest BCUT2D eigenvalue weighted by molar-refractivity contribution is 5.14. The van der Waals surface area contributed by atoms with Gasteiger partial charge in [0.2, 0.25) is 0 Å². The molecule has 0 aliphatic rings. The van der Waals surface area contributed by atoms with E-state index in [4.69, 9.17) is 0 Å². The van der Waals surface area contributed by atoms with Crippen LogP contribution in [-0.2, 0) is 6.54 Å². The average Bonchev–Trinajstić information content (AvgIpc) is 2.73. The fourth-order valence-electron chi connectivity index (χ4n) is 1.59. The third-order valence-corrected chi connectivity index (χ3v) is 2.56. The molecule has 1 atom stereocenters. The number of imidazole rings is 1. The molecule has 84 valence electrons. The molecule has 1 unspecified atom stereocenters. The van der Waals surface area contributed by atoms with Gasteiger partial charge < -0.3 is 10.3 Å². The van der Waals surface area contributed by atoms with Crippen LogP contribution in [0.15, 0.2) is 30.7 Å². The molecular weight excluding hydrogens is 200 g/mol. The summed E-state index contributed by atoms with van der Waals surface area (Å²) < 4.78 is 0. The zero-order valence-electron chi connectivity index (χ0n) is 9.57. The molecule has 0 amide bonds. The van der Waals surface area contributed by atoms with Gasteiger partial charge in [0.05, 0.1) is 0 Å². The fraction of sp³-hybridized carbons (Fsp3) is 0.333. The minimum absolute atomic E-state index is 0.312. The number of aryl methyl sites for hydroxylation is 1. The Bertz CT molecular complexity index is 435. The molecule has 4 nitrogen and oxygen atoms in total. The summed E-state index contributed by atoms with van der Waals surface area (Å²) in [6.07, 6.45) is 5.49. The zero-order valence-corrected chi connectivity index (χ0v) is 9.57. The van der Waals surface area contributed by atoms with Gasteiger partial charge in [-0.15, -0.1) is 0 Å². The second-order valence-corrected chi connectivity index (χ2v) is 3.88. The Morgan fingerprint density at radius 1 is 1.38 bits per heavy atom. The normalized spacial score (nSPS) is 12.6. The van der Waals surface area contributed by atoms with Crippen molar-refractivity contribution in [1.82, 2.24) is 20.3 Å². The van der Waals surface area contributed by atoms with Gasteiger partial charge >= 0.3 is 0 Å². The lowest BCUT2D eigenvalue weighted by atomic mass is 10.1. The maximum absolute atomic E-state index is 4.16. The molecule has 0 aromatic carbocycles. The molecule has 2 aromatic rings. The third-order valence-electron chi connectivity index (χ3n) is 2.56. The van der Waals surface area contributed by atoms with Gasteiger partial charge in [0.15, 0.2) is 0 Å². The number of hydrogen-bond donors (Lipinski definition) is 2. The summed E-state index contributed by atoms with van der Waals surface area (Å²) in [5.41, 5.74) is 2.35. The van der Waals surface area contributed by atoms with Crippen LogP contribution in [0.2, 0.25) is 0 Å². The maximum Gasteiger partial charge on any atom is 0.103 e. The summed E-state index contributed by atoms with van der Waals surface area (Å²) in [6, 6.07) is 4.36. The number of nitrogens with one attached hydrogen (secondary N) is 2. The van der Waals surface area contributed by atoms with Gasteiger partial charge in [-0.25, -0.2) is 4.98 Å². The highest BCUT2D eigenvalue weighted by atomic mass is 15.0. The molecule has 4 heteroatoms. The van der Waals surface area contributed by atoms with Crippen molar-refractivity contribution in [3.8, 4) is 0 Å². The second kappa shape index (κ2) is 4.90. The standard InChI is InChI=1S/C12H16N4/c1-9(11-3-5-13-6-4-11)14-7-12-8-15-10(2)16-12/h3-6,8-9,14H,7H2,1-2H3,(H,15,16). The molecule has 2 rings (SSSR count). The Morgan fingerprint density at radius 3 is 2.75 bits per heavy atom. The van der Waals surface area contributed by atoms with Crippen LogP contribution in [0.5, 0.6) is 0 Å². The fourth-order valence-corrected chi connectivity index (χ4v) is 1.59. The Morgan fingerprint density at radius 2 is 2.12 bits per heavy atom. The van der Waals surface area contributed by atoms with Crippen molar-refractivity contribution in [2.45, 2.75) is 26.4 Å². The quantitative estimate of drug-likeness (QED) is 0.821. The molecule has 2 N–H and O–H groups in total. The topological polar surface area (TPSA) is 53.6 Å². The first-order chi connectivity index (χ1) is 7.75. The monoisotopic (exact) mass is 216 g/mol. The summed E-state index contributed by atoms with van der Waals surface area (Å²) in [5.74, 6) is 0.952. The summed E-state index contributed by atoms with van der Waals surface area (Å²) >= 11 is 0. The highest BCUT2D eigenvalue weighted by Gasteiger charge is 2.04. The second-order valence-electron chi connectivity index (χ2n) is 3.88. The summed E-state index contributed by atoms with van der Waals surface area (Å²) in [6.45, 7) is 4.89. The molecule has 2 aromatic heterocycles. The van der Waals surface area contributed by atoms with E-state index in [1.807, 2.05) is 37.6 Å². The van der Waals surface area contributed by atoms with Crippen LogP contribution in [-0.4, -0.2) is 15.0 Å². The van der Waals surface area contributed by atoms with E-state index in [9.17, 15) is 0 Å². The number of H-pyrrole nitrogens is 1. The predicted molar refractivity (Wildman–Crippen MR) is 62.8 cm³/mol. The van der Waals surface area contributed by atoms with E-state index < -0.39 is 0 Å². The lowest BCUT2D eigenvalue weighted by Gasteiger charge is -2.12. The number of aromatic nitrogens is 3. The van der Waals surface area contributed by atoms with Gasteiger partial charge in [0, 0.05) is 36.9 Å². The zero-order chi connectivity index (χ0) is 11.4. The molecule has 0 saturated heterocycles. The smallest absolute Gasteiger partial charge is 0.103 e. The molecule has 0 aliphatic carbocycles. The van der Waals surface area contributed by atoms with E-state index in [-0.39, 0.29) is 0 Å². The molecule has 0 bridgehead atoms. The van der Waals surface area contributed by atoms with Crippen molar-refractivity contribution in [2.24, 2.45) is 0 Å². The number of rotatable bonds is 4. The number of pyridine rings is 1. The van der Waals surface area contributed by atoms with Gasteiger partial charge in [0.1, 0.15) is 5.82 Å². The summed E-state index contributed by atoms with van der Waals surface area (Å²) in [7, 11) is 0. The number of hydrogen-bond acceptors (Lipinski definition) is 3. The van der Waals surface area contributed by atoms with Crippen molar-refractivity contribution in [3.63, 3.8) is 0 Å². The minimum atomic E-state index is 0.312. The SMILES string of the molecule is Cc1ncc(CNC(C)c2ccncc2)[nH]1. The molecule has 0 aliphatic heterocycles. The molecule has 0 fully saturated rings. The van der Waals surface area contributed by atoms with Gasteiger partial charge in [0.25, 0.3) is 0 Å². The van der Waals surface area contributed by atoms with Crippen molar-refractivity contribution in [2.75, 3.05) is 0 Å². The van der Waals surface area contributed by atoms with Crippen molar-refractivity contribution >= 4 is 0 Å². The molecule has 16 heavy (non-hydrogen) atoms. The first-order valence-electron chi connectivity index (χ1n) is 5.39. The molecule has 2 heterocycles. The molecule has 0 spiro atoms. The van der Waals surface area contributed by atoms with Crippen molar-refractivity contribution < 1.29 is 0 Å². The Kier molecular flexibility index (Phi) is 3.31. The van der Waals surface area contributed by atoms with E-state index in [2.05, 4.69) is 27.2 Å². The van der Waals surface area contributed by atoms with Gasteiger partial charge in [-0.05, 0) is 31.5 Å². The van der Waals surface area contributed by atoms with Crippen LogP contribution < -0.4 is 5.32 Å². The molecule has 0 saturated carbocycles. The van der Waals surface area contributed by atoms with E-state index in [1.165, 1.54) is 5.56 Å². The third kappa shape index (κ3) is 2.67. The van der Waals surface area contributed by atoms with E-state index in [1.54, 1.807) is 0 Å². The van der Waals surface area contributed by atoms with Gasteiger partial charge in [-0.3, -0.25) is 4.98 Å².